The normalized spacial score (nSPS) is 22.3. The van der Waals surface area contributed by atoms with Crippen molar-refractivity contribution in [1.82, 2.24) is 10.2 Å². The molecule has 0 unspecified atom stereocenters. The minimum absolute atomic E-state index is 0.614. The standard InChI is InChI=1S/C13H19BrN2/c1-10-3-4-12(7-13(10)14)9-16-6-5-15-11(2)8-16/h3-4,7,11,15H,5-6,8-9H2,1-2H3/t11-/m1/s1. The molecule has 0 aliphatic carbocycles. The highest BCUT2D eigenvalue weighted by Gasteiger charge is 2.15. The molecule has 1 atom stereocenters. The molecule has 1 heterocycles. The van der Waals surface area contributed by atoms with Gasteiger partial charge in [-0.15, -0.1) is 0 Å². The highest BCUT2D eigenvalue weighted by atomic mass is 79.9. The molecule has 0 amide bonds. The third-order valence-electron chi connectivity index (χ3n) is 3.10. The van der Waals surface area contributed by atoms with E-state index in [1.165, 1.54) is 15.6 Å². The monoisotopic (exact) mass is 282 g/mol. The molecule has 1 aliphatic rings. The van der Waals surface area contributed by atoms with Crippen molar-refractivity contribution < 1.29 is 0 Å². The Morgan fingerprint density at radius 1 is 1.50 bits per heavy atom. The molecule has 1 aliphatic heterocycles. The summed E-state index contributed by atoms with van der Waals surface area (Å²) in [5, 5.41) is 3.47. The van der Waals surface area contributed by atoms with Crippen molar-refractivity contribution in [2.75, 3.05) is 19.6 Å². The van der Waals surface area contributed by atoms with Gasteiger partial charge in [0.05, 0.1) is 0 Å². The molecule has 1 N–H and O–H groups in total. The predicted molar refractivity (Wildman–Crippen MR) is 71.6 cm³/mol. The summed E-state index contributed by atoms with van der Waals surface area (Å²) in [6.45, 7) is 8.83. The lowest BCUT2D eigenvalue weighted by molar-refractivity contribution is 0.199. The summed E-state index contributed by atoms with van der Waals surface area (Å²) in [4.78, 5) is 2.51. The first-order valence-electron chi connectivity index (χ1n) is 5.86. The lowest BCUT2D eigenvalue weighted by Crippen LogP contribution is -2.48. The second-order valence-corrected chi connectivity index (χ2v) is 5.53. The van der Waals surface area contributed by atoms with Gasteiger partial charge in [-0.1, -0.05) is 28.1 Å². The van der Waals surface area contributed by atoms with Crippen molar-refractivity contribution in [2.45, 2.75) is 26.4 Å². The van der Waals surface area contributed by atoms with Crippen molar-refractivity contribution in [1.29, 1.82) is 0 Å². The molecule has 0 aromatic heterocycles. The summed E-state index contributed by atoms with van der Waals surface area (Å²) in [5.41, 5.74) is 2.70. The number of rotatable bonds is 2. The zero-order valence-electron chi connectivity index (χ0n) is 9.96. The van der Waals surface area contributed by atoms with Crippen LogP contribution in [0.4, 0.5) is 0 Å². The van der Waals surface area contributed by atoms with Gasteiger partial charge in [-0.05, 0) is 31.0 Å². The van der Waals surface area contributed by atoms with Crippen molar-refractivity contribution in [3.05, 3.63) is 33.8 Å². The van der Waals surface area contributed by atoms with Crippen LogP contribution in [-0.2, 0) is 6.54 Å². The fourth-order valence-corrected chi connectivity index (χ4v) is 2.57. The van der Waals surface area contributed by atoms with E-state index in [2.05, 4.69) is 58.2 Å². The van der Waals surface area contributed by atoms with Gasteiger partial charge in [0, 0.05) is 36.7 Å². The maximum atomic E-state index is 3.59. The smallest absolute Gasteiger partial charge is 0.0235 e. The van der Waals surface area contributed by atoms with Crippen LogP contribution < -0.4 is 5.32 Å². The molecule has 0 saturated carbocycles. The molecule has 0 spiro atoms. The minimum Gasteiger partial charge on any atom is -0.312 e. The lowest BCUT2D eigenvalue weighted by Gasteiger charge is -2.31. The van der Waals surface area contributed by atoms with Gasteiger partial charge in [-0.25, -0.2) is 0 Å². The molecule has 88 valence electrons. The van der Waals surface area contributed by atoms with E-state index < -0.39 is 0 Å². The Hall–Kier alpha value is -0.380. The van der Waals surface area contributed by atoms with Crippen molar-refractivity contribution in [3.8, 4) is 0 Å². The highest BCUT2D eigenvalue weighted by molar-refractivity contribution is 9.10. The van der Waals surface area contributed by atoms with Crippen LogP contribution in [0.25, 0.3) is 0 Å². The van der Waals surface area contributed by atoms with Crippen LogP contribution in [-0.4, -0.2) is 30.6 Å². The zero-order chi connectivity index (χ0) is 11.5. The van der Waals surface area contributed by atoms with E-state index in [0.717, 1.165) is 26.2 Å². The number of nitrogens with zero attached hydrogens (tertiary/aromatic N) is 1. The fraction of sp³-hybridized carbons (Fsp3) is 0.538. The van der Waals surface area contributed by atoms with Crippen LogP contribution in [0, 0.1) is 6.92 Å². The number of hydrogen-bond donors (Lipinski definition) is 1. The van der Waals surface area contributed by atoms with Crippen LogP contribution in [0.5, 0.6) is 0 Å². The minimum atomic E-state index is 0.614. The van der Waals surface area contributed by atoms with Gasteiger partial charge in [0.1, 0.15) is 0 Å². The van der Waals surface area contributed by atoms with Gasteiger partial charge in [0.25, 0.3) is 0 Å². The summed E-state index contributed by atoms with van der Waals surface area (Å²) >= 11 is 3.59. The van der Waals surface area contributed by atoms with Gasteiger partial charge >= 0.3 is 0 Å². The topological polar surface area (TPSA) is 15.3 Å². The predicted octanol–water partition coefficient (Wildman–Crippen LogP) is 2.55. The number of aryl methyl sites for hydroxylation is 1. The second-order valence-electron chi connectivity index (χ2n) is 4.67. The van der Waals surface area contributed by atoms with Crippen LogP contribution in [0.1, 0.15) is 18.1 Å². The Bertz CT molecular complexity index is 365. The average Bonchev–Trinajstić information content (AvgIpc) is 2.24. The van der Waals surface area contributed by atoms with E-state index >= 15 is 0 Å². The molecule has 0 radical (unpaired) electrons. The van der Waals surface area contributed by atoms with E-state index in [1.54, 1.807) is 0 Å². The number of benzene rings is 1. The lowest BCUT2D eigenvalue weighted by atomic mass is 10.1. The molecule has 1 aromatic rings. The van der Waals surface area contributed by atoms with Crippen LogP contribution in [0.15, 0.2) is 22.7 Å². The Morgan fingerprint density at radius 3 is 3.00 bits per heavy atom. The van der Waals surface area contributed by atoms with Gasteiger partial charge in [-0.3, -0.25) is 4.90 Å². The summed E-state index contributed by atoms with van der Waals surface area (Å²) in [6, 6.07) is 7.27. The summed E-state index contributed by atoms with van der Waals surface area (Å²) in [6.07, 6.45) is 0. The van der Waals surface area contributed by atoms with E-state index in [0.29, 0.717) is 6.04 Å². The SMILES string of the molecule is Cc1ccc(CN2CCN[C@H](C)C2)cc1Br. The summed E-state index contributed by atoms with van der Waals surface area (Å²) in [5.74, 6) is 0. The molecule has 2 nitrogen and oxygen atoms in total. The van der Waals surface area contributed by atoms with Crippen LogP contribution in [0.2, 0.25) is 0 Å². The molecular weight excluding hydrogens is 264 g/mol. The first kappa shape index (κ1) is 12.1. The number of piperazine rings is 1. The quantitative estimate of drug-likeness (QED) is 0.897. The second kappa shape index (κ2) is 5.30. The van der Waals surface area contributed by atoms with Gasteiger partial charge in [0.2, 0.25) is 0 Å². The Kier molecular flexibility index (Phi) is 4.00. The number of hydrogen-bond acceptors (Lipinski definition) is 2. The van der Waals surface area contributed by atoms with Crippen molar-refractivity contribution in [3.63, 3.8) is 0 Å². The maximum absolute atomic E-state index is 3.59. The maximum Gasteiger partial charge on any atom is 0.0235 e. The van der Waals surface area contributed by atoms with E-state index in [9.17, 15) is 0 Å². The van der Waals surface area contributed by atoms with Gasteiger partial charge in [0.15, 0.2) is 0 Å². The van der Waals surface area contributed by atoms with E-state index in [1.807, 2.05) is 0 Å². The van der Waals surface area contributed by atoms with Crippen molar-refractivity contribution >= 4 is 15.9 Å². The molecule has 0 bridgehead atoms. The van der Waals surface area contributed by atoms with E-state index in [-0.39, 0.29) is 0 Å². The third kappa shape index (κ3) is 3.06. The average molecular weight is 283 g/mol. The molecule has 2 rings (SSSR count). The Morgan fingerprint density at radius 2 is 2.31 bits per heavy atom. The van der Waals surface area contributed by atoms with Crippen LogP contribution in [0.3, 0.4) is 0 Å². The Balaban J connectivity index is 2.00. The number of nitrogens with one attached hydrogen (secondary N) is 1. The van der Waals surface area contributed by atoms with Crippen LogP contribution >= 0.6 is 15.9 Å². The van der Waals surface area contributed by atoms with Gasteiger partial charge in [-0.2, -0.15) is 0 Å². The molecule has 1 aromatic carbocycles. The first-order valence-corrected chi connectivity index (χ1v) is 6.65. The summed E-state index contributed by atoms with van der Waals surface area (Å²) < 4.78 is 1.22. The zero-order valence-corrected chi connectivity index (χ0v) is 11.5. The Labute approximate surface area is 106 Å². The molecule has 3 heteroatoms. The molecule has 1 saturated heterocycles. The third-order valence-corrected chi connectivity index (χ3v) is 3.95. The summed E-state index contributed by atoms with van der Waals surface area (Å²) in [7, 11) is 0. The first-order chi connectivity index (χ1) is 7.65. The fourth-order valence-electron chi connectivity index (χ4n) is 2.15. The van der Waals surface area contributed by atoms with Gasteiger partial charge < -0.3 is 5.32 Å². The van der Waals surface area contributed by atoms with E-state index in [4.69, 9.17) is 0 Å². The molecule has 16 heavy (non-hydrogen) atoms. The number of halogens is 1. The highest BCUT2D eigenvalue weighted by Crippen LogP contribution is 2.18. The molecular formula is C13H19BrN2. The molecule has 1 fully saturated rings. The largest absolute Gasteiger partial charge is 0.312 e. The van der Waals surface area contributed by atoms with Crippen molar-refractivity contribution in [2.24, 2.45) is 0 Å².